The lowest BCUT2D eigenvalue weighted by Crippen LogP contribution is -2.02. The Morgan fingerprint density at radius 3 is 2.65 bits per heavy atom. The number of nitrogens with one attached hydrogen (secondary N) is 1. The summed E-state index contributed by atoms with van der Waals surface area (Å²) in [5.41, 5.74) is -0.0112. The molecule has 0 aliphatic heterocycles. The Morgan fingerprint density at radius 1 is 1.20 bits per heavy atom. The van der Waals surface area contributed by atoms with Crippen molar-refractivity contribution in [3.05, 3.63) is 45.3 Å². The molecule has 3 nitrogen and oxygen atoms in total. The molecule has 0 fully saturated rings. The molecule has 0 saturated carbocycles. The molecule has 0 amide bonds. The zero-order valence-electron chi connectivity index (χ0n) is 10.6. The average molecular weight is 363 g/mol. The number of benzene rings is 1. The van der Waals surface area contributed by atoms with Crippen LogP contribution < -0.4 is 5.32 Å². The van der Waals surface area contributed by atoms with E-state index in [0.717, 1.165) is 18.6 Å². The van der Waals surface area contributed by atoms with E-state index in [0.29, 0.717) is 18.1 Å². The van der Waals surface area contributed by atoms with Crippen molar-refractivity contribution in [3.63, 3.8) is 0 Å². The maximum atomic E-state index is 13.7. The molecular formula is C13H11BrClF2N3. The van der Waals surface area contributed by atoms with Crippen LogP contribution in [0.1, 0.15) is 19.2 Å². The van der Waals surface area contributed by atoms with Crippen molar-refractivity contribution in [1.82, 2.24) is 9.97 Å². The SMILES string of the molecule is CCCc1nc(Cl)cc(Nc2cc(F)c(Br)cc2F)n1. The number of nitrogens with zero attached hydrogens (tertiary/aromatic N) is 2. The summed E-state index contributed by atoms with van der Waals surface area (Å²) in [4.78, 5) is 8.26. The van der Waals surface area contributed by atoms with Gasteiger partial charge in [0.25, 0.3) is 0 Å². The minimum atomic E-state index is -0.593. The lowest BCUT2D eigenvalue weighted by Gasteiger charge is -2.09. The minimum Gasteiger partial charge on any atom is -0.338 e. The quantitative estimate of drug-likeness (QED) is 0.623. The van der Waals surface area contributed by atoms with Gasteiger partial charge in [-0.3, -0.25) is 0 Å². The lowest BCUT2D eigenvalue weighted by molar-refractivity contribution is 0.597. The molecule has 0 bridgehead atoms. The number of hydrogen-bond donors (Lipinski definition) is 1. The zero-order valence-corrected chi connectivity index (χ0v) is 12.9. The molecule has 1 aromatic carbocycles. The van der Waals surface area contributed by atoms with Crippen LogP contribution in [0.3, 0.4) is 0 Å². The molecule has 1 aromatic heterocycles. The van der Waals surface area contributed by atoms with Gasteiger partial charge in [0.05, 0.1) is 10.2 Å². The molecule has 2 aromatic rings. The van der Waals surface area contributed by atoms with Crippen molar-refractivity contribution < 1.29 is 8.78 Å². The fourth-order valence-electron chi connectivity index (χ4n) is 1.62. The third kappa shape index (κ3) is 3.64. The molecule has 106 valence electrons. The van der Waals surface area contributed by atoms with Gasteiger partial charge in [0.2, 0.25) is 0 Å². The molecule has 0 aliphatic rings. The van der Waals surface area contributed by atoms with Gasteiger partial charge < -0.3 is 5.32 Å². The van der Waals surface area contributed by atoms with Gasteiger partial charge in [-0.15, -0.1) is 0 Å². The van der Waals surface area contributed by atoms with Gasteiger partial charge in [0, 0.05) is 18.6 Å². The fraction of sp³-hybridized carbons (Fsp3) is 0.231. The summed E-state index contributed by atoms with van der Waals surface area (Å²) >= 11 is 8.80. The van der Waals surface area contributed by atoms with Crippen LogP contribution in [0.2, 0.25) is 5.15 Å². The maximum absolute atomic E-state index is 13.7. The van der Waals surface area contributed by atoms with Gasteiger partial charge >= 0.3 is 0 Å². The molecule has 2 rings (SSSR count). The van der Waals surface area contributed by atoms with Gasteiger partial charge in [0.1, 0.15) is 28.4 Å². The Kier molecular flexibility index (Phi) is 4.88. The number of aryl methyl sites for hydroxylation is 1. The summed E-state index contributed by atoms with van der Waals surface area (Å²) < 4.78 is 27.2. The normalized spacial score (nSPS) is 10.7. The summed E-state index contributed by atoms with van der Waals surface area (Å²) in [6.45, 7) is 1.99. The van der Waals surface area contributed by atoms with Crippen LogP contribution in [0, 0.1) is 11.6 Å². The van der Waals surface area contributed by atoms with Crippen molar-refractivity contribution in [1.29, 1.82) is 0 Å². The molecule has 0 spiro atoms. The van der Waals surface area contributed by atoms with Crippen LogP contribution in [0.4, 0.5) is 20.3 Å². The molecule has 0 saturated heterocycles. The van der Waals surface area contributed by atoms with E-state index in [1.54, 1.807) is 0 Å². The first kappa shape index (κ1) is 15.1. The van der Waals surface area contributed by atoms with E-state index in [9.17, 15) is 8.78 Å². The largest absolute Gasteiger partial charge is 0.338 e. The van der Waals surface area contributed by atoms with Crippen LogP contribution in [0.5, 0.6) is 0 Å². The highest BCUT2D eigenvalue weighted by molar-refractivity contribution is 9.10. The molecule has 0 atom stereocenters. The standard InChI is InChI=1S/C13H11BrClF2N3/c1-2-3-12-19-11(15)6-13(20-12)18-10-5-8(16)7(14)4-9(10)17/h4-6H,2-3H2,1H3,(H,18,19,20). The monoisotopic (exact) mass is 361 g/mol. The molecule has 7 heteroatoms. The summed E-state index contributed by atoms with van der Waals surface area (Å²) in [5, 5.41) is 2.96. The molecule has 0 aliphatic carbocycles. The molecule has 20 heavy (non-hydrogen) atoms. The van der Waals surface area contributed by atoms with Gasteiger partial charge in [0.15, 0.2) is 0 Å². The Labute approximate surface area is 128 Å². The summed E-state index contributed by atoms with van der Waals surface area (Å²) in [7, 11) is 0. The zero-order chi connectivity index (χ0) is 14.7. The highest BCUT2D eigenvalue weighted by atomic mass is 79.9. The number of anilines is 2. The smallest absolute Gasteiger partial charge is 0.148 e. The first-order valence-corrected chi connectivity index (χ1v) is 7.11. The van der Waals surface area contributed by atoms with E-state index >= 15 is 0 Å². The second kappa shape index (κ2) is 6.45. The van der Waals surface area contributed by atoms with Gasteiger partial charge in [-0.1, -0.05) is 18.5 Å². The van der Waals surface area contributed by atoms with Crippen molar-refractivity contribution in [2.24, 2.45) is 0 Å². The molecule has 0 unspecified atom stereocenters. The molecule has 1 heterocycles. The van der Waals surface area contributed by atoms with Crippen LogP contribution in [-0.4, -0.2) is 9.97 Å². The number of halogens is 4. The third-order valence-electron chi connectivity index (χ3n) is 2.49. The van der Waals surface area contributed by atoms with Gasteiger partial charge in [-0.05, 0) is 28.4 Å². The number of aromatic nitrogens is 2. The Hall–Kier alpha value is -1.27. The lowest BCUT2D eigenvalue weighted by atomic mass is 10.3. The van der Waals surface area contributed by atoms with E-state index in [-0.39, 0.29) is 15.3 Å². The molecule has 0 radical (unpaired) electrons. The minimum absolute atomic E-state index is 0.0112. The van der Waals surface area contributed by atoms with Crippen molar-refractivity contribution in [2.75, 3.05) is 5.32 Å². The Morgan fingerprint density at radius 2 is 1.95 bits per heavy atom. The van der Waals surface area contributed by atoms with Gasteiger partial charge in [-0.25, -0.2) is 18.7 Å². The highest BCUT2D eigenvalue weighted by Crippen LogP contribution is 2.26. The second-order valence-electron chi connectivity index (χ2n) is 4.11. The first-order chi connectivity index (χ1) is 9.49. The van der Waals surface area contributed by atoms with Crippen LogP contribution >= 0.6 is 27.5 Å². The number of hydrogen-bond acceptors (Lipinski definition) is 3. The second-order valence-corrected chi connectivity index (χ2v) is 5.35. The summed E-state index contributed by atoms with van der Waals surface area (Å²) in [6.07, 6.45) is 1.52. The van der Waals surface area contributed by atoms with Crippen LogP contribution in [0.25, 0.3) is 0 Å². The summed E-state index contributed by atoms with van der Waals surface area (Å²) in [6, 6.07) is 3.56. The fourth-order valence-corrected chi connectivity index (χ4v) is 2.14. The van der Waals surface area contributed by atoms with Crippen molar-refractivity contribution in [2.45, 2.75) is 19.8 Å². The highest BCUT2D eigenvalue weighted by Gasteiger charge is 2.10. The third-order valence-corrected chi connectivity index (χ3v) is 3.29. The van der Waals surface area contributed by atoms with E-state index in [4.69, 9.17) is 11.6 Å². The van der Waals surface area contributed by atoms with Crippen molar-refractivity contribution in [3.8, 4) is 0 Å². The summed E-state index contributed by atoms with van der Waals surface area (Å²) in [5.74, 6) is -0.276. The first-order valence-electron chi connectivity index (χ1n) is 5.94. The number of rotatable bonds is 4. The predicted octanol–water partition coefficient (Wildman–Crippen LogP) is 4.87. The maximum Gasteiger partial charge on any atom is 0.148 e. The van der Waals surface area contributed by atoms with Gasteiger partial charge in [-0.2, -0.15) is 0 Å². The Bertz CT molecular complexity index is 637. The van der Waals surface area contributed by atoms with E-state index in [2.05, 4.69) is 31.2 Å². The topological polar surface area (TPSA) is 37.8 Å². The van der Waals surface area contributed by atoms with E-state index in [1.165, 1.54) is 6.07 Å². The van der Waals surface area contributed by atoms with E-state index in [1.807, 2.05) is 6.92 Å². The van der Waals surface area contributed by atoms with Crippen molar-refractivity contribution >= 4 is 39.0 Å². The molecular weight excluding hydrogens is 352 g/mol. The van der Waals surface area contributed by atoms with E-state index < -0.39 is 11.6 Å². The van der Waals surface area contributed by atoms with Crippen LogP contribution in [-0.2, 0) is 6.42 Å². The predicted molar refractivity (Wildman–Crippen MR) is 78.4 cm³/mol. The van der Waals surface area contributed by atoms with Crippen LogP contribution in [0.15, 0.2) is 22.7 Å². The average Bonchev–Trinajstić information content (AvgIpc) is 2.35. The molecule has 1 N–H and O–H groups in total. The Balaban J connectivity index is 2.32.